The number of nitrogen functional groups attached to an aromatic ring is 1. The van der Waals surface area contributed by atoms with Gasteiger partial charge in [0.2, 0.25) is 0 Å². The van der Waals surface area contributed by atoms with Crippen molar-refractivity contribution < 1.29 is 4.39 Å². The van der Waals surface area contributed by atoms with Gasteiger partial charge < -0.3 is 5.73 Å². The molecule has 0 bridgehead atoms. The maximum Gasteiger partial charge on any atom is 0.180 e. The highest BCUT2D eigenvalue weighted by molar-refractivity contribution is 7.15. The summed E-state index contributed by atoms with van der Waals surface area (Å²) in [7, 11) is 0. The Hall–Kier alpha value is -1.13. The van der Waals surface area contributed by atoms with Crippen LogP contribution in [0.25, 0.3) is 0 Å². The molecule has 0 aliphatic heterocycles. The van der Waals surface area contributed by atoms with Crippen LogP contribution in [-0.4, -0.2) is 4.98 Å². The third-order valence-corrected chi connectivity index (χ3v) is 4.45. The minimum atomic E-state index is -0.254. The van der Waals surface area contributed by atoms with Gasteiger partial charge in [-0.3, -0.25) is 0 Å². The molecule has 0 amide bonds. The number of anilines is 1. The van der Waals surface area contributed by atoms with E-state index >= 15 is 0 Å². The summed E-state index contributed by atoms with van der Waals surface area (Å²) in [6, 6.07) is 4.50. The Morgan fingerprint density at radius 2 is 2.29 bits per heavy atom. The number of aryl methyl sites for hydroxylation is 1. The van der Waals surface area contributed by atoms with Gasteiger partial charge in [0, 0.05) is 15.8 Å². The molecular formula is C12H10ClFN2S. The van der Waals surface area contributed by atoms with Crippen LogP contribution < -0.4 is 5.73 Å². The van der Waals surface area contributed by atoms with Crippen LogP contribution in [0.15, 0.2) is 18.2 Å². The number of fused-ring (bicyclic) bond motifs is 1. The second-order valence-electron chi connectivity index (χ2n) is 4.12. The van der Waals surface area contributed by atoms with Crippen molar-refractivity contribution in [2.75, 3.05) is 5.73 Å². The van der Waals surface area contributed by atoms with Gasteiger partial charge >= 0.3 is 0 Å². The van der Waals surface area contributed by atoms with Crippen molar-refractivity contribution in [1.29, 1.82) is 0 Å². The maximum absolute atomic E-state index is 13.3. The van der Waals surface area contributed by atoms with Crippen molar-refractivity contribution >= 4 is 28.1 Å². The lowest BCUT2D eigenvalue weighted by Gasteiger charge is -2.11. The predicted molar refractivity (Wildman–Crippen MR) is 68.1 cm³/mol. The Morgan fingerprint density at radius 1 is 1.47 bits per heavy atom. The van der Waals surface area contributed by atoms with Crippen molar-refractivity contribution in [3.63, 3.8) is 0 Å². The average Bonchev–Trinajstić information content (AvgIpc) is 2.80. The molecule has 2 nitrogen and oxygen atoms in total. The number of nitrogens with zero attached hydrogens (tertiary/aromatic N) is 1. The first-order valence-corrected chi connectivity index (χ1v) is 6.54. The van der Waals surface area contributed by atoms with Crippen LogP contribution in [0.4, 0.5) is 9.52 Å². The van der Waals surface area contributed by atoms with E-state index in [1.165, 1.54) is 23.5 Å². The lowest BCUT2D eigenvalue weighted by atomic mass is 9.98. The second kappa shape index (κ2) is 3.96. The highest BCUT2D eigenvalue weighted by atomic mass is 35.5. The van der Waals surface area contributed by atoms with E-state index in [0.29, 0.717) is 10.2 Å². The minimum Gasteiger partial charge on any atom is -0.375 e. The third kappa shape index (κ3) is 1.81. The number of benzene rings is 1. The van der Waals surface area contributed by atoms with Gasteiger partial charge in [-0.2, -0.15) is 0 Å². The van der Waals surface area contributed by atoms with Crippen molar-refractivity contribution in [2.45, 2.75) is 18.8 Å². The molecule has 0 spiro atoms. The van der Waals surface area contributed by atoms with E-state index in [1.54, 1.807) is 6.07 Å². The van der Waals surface area contributed by atoms with Crippen LogP contribution in [0.2, 0.25) is 5.02 Å². The Labute approximate surface area is 107 Å². The van der Waals surface area contributed by atoms with E-state index in [2.05, 4.69) is 4.98 Å². The van der Waals surface area contributed by atoms with Gasteiger partial charge in [0.15, 0.2) is 5.13 Å². The molecule has 2 aromatic rings. The largest absolute Gasteiger partial charge is 0.375 e. The Bertz CT molecular complexity index is 582. The number of rotatable bonds is 1. The van der Waals surface area contributed by atoms with Crippen molar-refractivity contribution in [3.8, 4) is 0 Å². The number of thiazole rings is 1. The highest BCUT2D eigenvalue weighted by Gasteiger charge is 2.29. The van der Waals surface area contributed by atoms with Crippen molar-refractivity contribution in [3.05, 3.63) is 45.2 Å². The Morgan fingerprint density at radius 3 is 3.12 bits per heavy atom. The molecule has 1 aromatic carbocycles. The summed E-state index contributed by atoms with van der Waals surface area (Å²) in [5.41, 5.74) is 7.58. The van der Waals surface area contributed by atoms with Gasteiger partial charge in [-0.1, -0.05) is 11.6 Å². The van der Waals surface area contributed by atoms with Crippen LogP contribution in [-0.2, 0) is 6.42 Å². The van der Waals surface area contributed by atoms with E-state index < -0.39 is 0 Å². The van der Waals surface area contributed by atoms with Crippen LogP contribution in [0, 0.1) is 5.82 Å². The molecule has 88 valence electrons. The van der Waals surface area contributed by atoms with E-state index in [0.717, 1.165) is 29.0 Å². The number of halogens is 2. The fourth-order valence-corrected chi connectivity index (χ4v) is 3.61. The first-order valence-electron chi connectivity index (χ1n) is 5.35. The SMILES string of the molecule is Nc1nc2c(s1)C(c1cc(F)ccc1Cl)CC2. The minimum absolute atomic E-state index is 0.142. The zero-order chi connectivity index (χ0) is 12.0. The Balaban J connectivity index is 2.09. The van der Waals surface area contributed by atoms with Gasteiger partial charge in [-0.05, 0) is 36.6 Å². The molecular weight excluding hydrogens is 259 g/mol. The first-order chi connectivity index (χ1) is 8.15. The molecule has 17 heavy (non-hydrogen) atoms. The van der Waals surface area contributed by atoms with E-state index in [4.69, 9.17) is 17.3 Å². The van der Waals surface area contributed by atoms with Gasteiger partial charge in [0.25, 0.3) is 0 Å². The summed E-state index contributed by atoms with van der Waals surface area (Å²) < 4.78 is 13.3. The standard InChI is InChI=1S/C12H10ClFN2S/c13-9-3-1-6(14)5-8(9)7-2-4-10-11(7)17-12(15)16-10/h1,3,5,7H,2,4H2,(H2,15,16). The van der Waals surface area contributed by atoms with E-state index in [1.807, 2.05) is 0 Å². The van der Waals surface area contributed by atoms with Crippen LogP contribution in [0.3, 0.4) is 0 Å². The molecule has 3 rings (SSSR count). The van der Waals surface area contributed by atoms with Crippen LogP contribution in [0.5, 0.6) is 0 Å². The highest BCUT2D eigenvalue weighted by Crippen LogP contribution is 2.44. The average molecular weight is 269 g/mol. The summed E-state index contributed by atoms with van der Waals surface area (Å²) in [6.45, 7) is 0. The normalized spacial score (nSPS) is 18.4. The summed E-state index contributed by atoms with van der Waals surface area (Å²) in [4.78, 5) is 5.41. The maximum atomic E-state index is 13.3. The van der Waals surface area contributed by atoms with Gasteiger partial charge in [0.05, 0.1) is 5.69 Å². The molecule has 1 aliphatic rings. The summed E-state index contributed by atoms with van der Waals surface area (Å²) in [5, 5.41) is 1.18. The smallest absolute Gasteiger partial charge is 0.180 e. The summed E-state index contributed by atoms with van der Waals surface area (Å²) in [6.07, 6.45) is 1.82. The molecule has 1 atom stereocenters. The zero-order valence-electron chi connectivity index (χ0n) is 8.91. The van der Waals surface area contributed by atoms with E-state index in [9.17, 15) is 4.39 Å². The predicted octanol–water partition coefficient (Wildman–Crippen LogP) is 3.60. The molecule has 5 heteroatoms. The van der Waals surface area contributed by atoms with Crippen LogP contribution >= 0.6 is 22.9 Å². The van der Waals surface area contributed by atoms with Gasteiger partial charge in [0.1, 0.15) is 5.82 Å². The molecule has 2 N–H and O–H groups in total. The summed E-state index contributed by atoms with van der Waals surface area (Å²) in [5.74, 6) is -0.113. The molecule has 1 aliphatic carbocycles. The Kier molecular flexibility index (Phi) is 2.56. The monoisotopic (exact) mass is 268 g/mol. The van der Waals surface area contributed by atoms with Crippen LogP contribution in [0.1, 0.15) is 28.5 Å². The number of nitrogens with two attached hydrogens (primary N) is 1. The fraction of sp³-hybridized carbons (Fsp3) is 0.250. The lowest BCUT2D eigenvalue weighted by Crippen LogP contribution is -1.96. The zero-order valence-corrected chi connectivity index (χ0v) is 10.5. The lowest BCUT2D eigenvalue weighted by molar-refractivity contribution is 0.623. The summed E-state index contributed by atoms with van der Waals surface area (Å²) >= 11 is 7.62. The number of hydrogen-bond acceptors (Lipinski definition) is 3. The van der Waals surface area contributed by atoms with Gasteiger partial charge in [-0.15, -0.1) is 11.3 Å². The first kappa shape index (κ1) is 11.0. The molecule has 1 unspecified atom stereocenters. The molecule has 0 saturated carbocycles. The topological polar surface area (TPSA) is 38.9 Å². The molecule has 0 saturated heterocycles. The second-order valence-corrected chi connectivity index (χ2v) is 5.59. The number of aromatic nitrogens is 1. The molecule has 1 heterocycles. The number of hydrogen-bond donors (Lipinski definition) is 1. The van der Waals surface area contributed by atoms with Crippen molar-refractivity contribution in [1.82, 2.24) is 4.98 Å². The fourth-order valence-electron chi connectivity index (χ4n) is 2.32. The van der Waals surface area contributed by atoms with E-state index in [-0.39, 0.29) is 11.7 Å². The van der Waals surface area contributed by atoms with Crippen molar-refractivity contribution in [2.24, 2.45) is 0 Å². The molecule has 1 aromatic heterocycles. The quantitative estimate of drug-likeness (QED) is 0.858. The molecule has 0 radical (unpaired) electrons. The third-order valence-electron chi connectivity index (χ3n) is 3.06. The van der Waals surface area contributed by atoms with Gasteiger partial charge in [-0.25, -0.2) is 9.37 Å². The molecule has 0 fully saturated rings.